The summed E-state index contributed by atoms with van der Waals surface area (Å²) in [6.45, 7) is 0. The molecule has 0 saturated carbocycles. The second-order valence-electron chi connectivity index (χ2n) is 3.56. The smallest absolute Gasteiger partial charge is 0.159 e. The summed E-state index contributed by atoms with van der Waals surface area (Å²) in [5.41, 5.74) is 2.16. The second-order valence-corrected chi connectivity index (χ2v) is 3.56. The van der Waals surface area contributed by atoms with Crippen LogP contribution in [-0.2, 0) is 0 Å². The molecule has 16 heavy (non-hydrogen) atoms. The SMILES string of the molecule is N#Cc1cnc2nc3ccccc3cc2c1. The molecule has 0 spiro atoms. The lowest BCUT2D eigenvalue weighted by Crippen LogP contribution is -1.87. The molecule has 0 N–H and O–H groups in total. The predicted octanol–water partition coefficient (Wildman–Crippen LogP) is 2.65. The van der Waals surface area contributed by atoms with Crippen molar-refractivity contribution in [1.82, 2.24) is 9.97 Å². The Balaban J connectivity index is 2.43. The number of nitriles is 1. The van der Waals surface area contributed by atoms with Gasteiger partial charge in [0.15, 0.2) is 5.65 Å². The first-order valence-corrected chi connectivity index (χ1v) is 4.92. The van der Waals surface area contributed by atoms with Gasteiger partial charge in [0.05, 0.1) is 11.1 Å². The monoisotopic (exact) mass is 205 g/mol. The maximum Gasteiger partial charge on any atom is 0.159 e. The standard InChI is InChI=1S/C13H7N3/c14-7-9-5-11-6-10-3-1-2-4-12(10)16-13(11)15-8-9/h1-6,8H. The molecule has 1 aromatic carbocycles. The molecule has 0 amide bonds. The fraction of sp³-hybridized carbons (Fsp3) is 0. The molecule has 2 heterocycles. The number of aromatic nitrogens is 2. The quantitative estimate of drug-likeness (QED) is 0.530. The first-order chi connectivity index (χ1) is 7.86. The molecule has 3 nitrogen and oxygen atoms in total. The van der Waals surface area contributed by atoms with Crippen LogP contribution in [0.5, 0.6) is 0 Å². The van der Waals surface area contributed by atoms with Gasteiger partial charge in [-0.3, -0.25) is 0 Å². The highest BCUT2D eigenvalue weighted by Crippen LogP contribution is 2.18. The minimum Gasteiger partial charge on any atom is -0.235 e. The molecule has 74 valence electrons. The maximum atomic E-state index is 8.80. The molecular formula is C13H7N3. The normalized spacial score (nSPS) is 10.4. The van der Waals surface area contributed by atoms with E-state index in [2.05, 4.69) is 16.0 Å². The summed E-state index contributed by atoms with van der Waals surface area (Å²) >= 11 is 0. The average Bonchev–Trinajstić information content (AvgIpc) is 2.35. The minimum atomic E-state index is 0.560. The van der Waals surface area contributed by atoms with E-state index in [4.69, 9.17) is 5.26 Å². The van der Waals surface area contributed by atoms with Crippen molar-refractivity contribution in [3.8, 4) is 6.07 Å². The summed E-state index contributed by atoms with van der Waals surface area (Å²) in [6.07, 6.45) is 1.55. The van der Waals surface area contributed by atoms with Gasteiger partial charge in [-0.05, 0) is 18.2 Å². The highest BCUT2D eigenvalue weighted by molar-refractivity contribution is 5.91. The third kappa shape index (κ3) is 1.29. The van der Waals surface area contributed by atoms with E-state index in [1.165, 1.54) is 0 Å². The molecule has 0 fully saturated rings. The molecule has 3 rings (SSSR count). The highest BCUT2D eigenvalue weighted by Gasteiger charge is 2.01. The molecule has 2 aromatic heterocycles. The Morgan fingerprint density at radius 1 is 1.06 bits per heavy atom. The Labute approximate surface area is 92.0 Å². The lowest BCUT2D eigenvalue weighted by molar-refractivity contribution is 1.31. The van der Waals surface area contributed by atoms with Gasteiger partial charge in [0.2, 0.25) is 0 Å². The van der Waals surface area contributed by atoms with Crippen molar-refractivity contribution < 1.29 is 0 Å². The van der Waals surface area contributed by atoms with E-state index < -0.39 is 0 Å². The van der Waals surface area contributed by atoms with Crippen LogP contribution in [0.25, 0.3) is 21.9 Å². The summed E-state index contributed by atoms with van der Waals surface area (Å²) in [6, 6.07) is 13.8. The van der Waals surface area contributed by atoms with Crippen LogP contribution in [0, 0.1) is 11.3 Å². The predicted molar refractivity (Wildman–Crippen MR) is 61.8 cm³/mol. The van der Waals surface area contributed by atoms with Crippen molar-refractivity contribution >= 4 is 21.9 Å². The van der Waals surface area contributed by atoms with Crippen LogP contribution >= 0.6 is 0 Å². The van der Waals surface area contributed by atoms with Crippen LogP contribution in [0.1, 0.15) is 5.56 Å². The highest BCUT2D eigenvalue weighted by atomic mass is 14.8. The summed E-state index contributed by atoms with van der Waals surface area (Å²) in [5, 5.41) is 10.8. The number of rotatable bonds is 0. The van der Waals surface area contributed by atoms with Crippen molar-refractivity contribution in [1.29, 1.82) is 5.26 Å². The molecule has 0 aliphatic rings. The van der Waals surface area contributed by atoms with E-state index in [0.717, 1.165) is 16.3 Å². The number of para-hydroxylation sites is 1. The van der Waals surface area contributed by atoms with Gasteiger partial charge in [-0.15, -0.1) is 0 Å². The number of hydrogen-bond donors (Lipinski definition) is 0. The van der Waals surface area contributed by atoms with Crippen molar-refractivity contribution in [3.63, 3.8) is 0 Å². The van der Waals surface area contributed by atoms with E-state index in [0.29, 0.717) is 11.2 Å². The van der Waals surface area contributed by atoms with Crippen molar-refractivity contribution in [2.75, 3.05) is 0 Å². The zero-order valence-electron chi connectivity index (χ0n) is 8.38. The number of benzene rings is 1. The van der Waals surface area contributed by atoms with Crippen molar-refractivity contribution in [3.05, 3.63) is 48.2 Å². The van der Waals surface area contributed by atoms with Crippen LogP contribution in [0.2, 0.25) is 0 Å². The molecule has 0 atom stereocenters. The van der Waals surface area contributed by atoms with Gasteiger partial charge in [0.25, 0.3) is 0 Å². The third-order valence-corrected chi connectivity index (χ3v) is 2.50. The lowest BCUT2D eigenvalue weighted by atomic mass is 10.1. The molecular weight excluding hydrogens is 198 g/mol. The van der Waals surface area contributed by atoms with Crippen molar-refractivity contribution in [2.24, 2.45) is 0 Å². The van der Waals surface area contributed by atoms with E-state index in [9.17, 15) is 0 Å². The van der Waals surface area contributed by atoms with E-state index in [-0.39, 0.29) is 0 Å². The number of fused-ring (bicyclic) bond motifs is 2. The van der Waals surface area contributed by atoms with Crippen LogP contribution < -0.4 is 0 Å². The Kier molecular flexibility index (Phi) is 1.81. The topological polar surface area (TPSA) is 49.6 Å². The molecule has 0 aliphatic carbocycles. The van der Waals surface area contributed by atoms with E-state index in [1.54, 1.807) is 6.20 Å². The van der Waals surface area contributed by atoms with Gasteiger partial charge in [-0.2, -0.15) is 5.26 Å². The largest absolute Gasteiger partial charge is 0.235 e. The Hall–Kier alpha value is -2.47. The Morgan fingerprint density at radius 2 is 1.94 bits per heavy atom. The van der Waals surface area contributed by atoms with Gasteiger partial charge in [-0.25, -0.2) is 9.97 Å². The zero-order chi connectivity index (χ0) is 11.0. The summed E-state index contributed by atoms with van der Waals surface area (Å²) in [4.78, 5) is 8.60. The van der Waals surface area contributed by atoms with E-state index >= 15 is 0 Å². The maximum absolute atomic E-state index is 8.80. The van der Waals surface area contributed by atoms with Gasteiger partial charge in [0, 0.05) is 17.0 Å². The van der Waals surface area contributed by atoms with Crippen LogP contribution in [0.3, 0.4) is 0 Å². The molecule has 3 heteroatoms. The zero-order valence-corrected chi connectivity index (χ0v) is 8.38. The first-order valence-electron chi connectivity index (χ1n) is 4.92. The summed E-state index contributed by atoms with van der Waals surface area (Å²) in [7, 11) is 0. The second kappa shape index (κ2) is 3.28. The number of pyridine rings is 2. The fourth-order valence-corrected chi connectivity index (χ4v) is 1.73. The first kappa shape index (κ1) is 8.81. The molecule has 0 bridgehead atoms. The third-order valence-electron chi connectivity index (χ3n) is 2.50. The van der Waals surface area contributed by atoms with E-state index in [1.807, 2.05) is 36.4 Å². The van der Waals surface area contributed by atoms with Crippen LogP contribution in [0.4, 0.5) is 0 Å². The molecule has 0 radical (unpaired) electrons. The number of hydrogen-bond acceptors (Lipinski definition) is 3. The van der Waals surface area contributed by atoms with Gasteiger partial charge in [-0.1, -0.05) is 18.2 Å². The molecule has 0 aliphatic heterocycles. The molecule has 0 saturated heterocycles. The van der Waals surface area contributed by atoms with Gasteiger partial charge < -0.3 is 0 Å². The molecule has 0 unspecified atom stereocenters. The number of nitrogens with zero attached hydrogens (tertiary/aromatic N) is 3. The van der Waals surface area contributed by atoms with Crippen LogP contribution in [0.15, 0.2) is 42.6 Å². The Bertz CT molecular complexity index is 726. The average molecular weight is 205 g/mol. The van der Waals surface area contributed by atoms with Crippen LogP contribution in [-0.4, -0.2) is 9.97 Å². The fourth-order valence-electron chi connectivity index (χ4n) is 1.73. The Morgan fingerprint density at radius 3 is 2.81 bits per heavy atom. The van der Waals surface area contributed by atoms with Gasteiger partial charge in [0.1, 0.15) is 6.07 Å². The van der Waals surface area contributed by atoms with Gasteiger partial charge >= 0.3 is 0 Å². The molecule has 3 aromatic rings. The summed E-state index contributed by atoms with van der Waals surface area (Å²) < 4.78 is 0. The summed E-state index contributed by atoms with van der Waals surface area (Å²) in [5.74, 6) is 0. The lowest BCUT2D eigenvalue weighted by Gasteiger charge is -2.00. The minimum absolute atomic E-state index is 0.560. The van der Waals surface area contributed by atoms with Crippen molar-refractivity contribution in [2.45, 2.75) is 0 Å².